The normalized spacial score (nSPS) is 14.8. The van der Waals surface area contributed by atoms with E-state index in [1.807, 2.05) is 20.8 Å². The van der Waals surface area contributed by atoms with E-state index in [9.17, 15) is 8.42 Å². The first-order valence-electron chi connectivity index (χ1n) is 4.60. The van der Waals surface area contributed by atoms with Crippen LogP contribution in [-0.2, 0) is 10.0 Å². The molecule has 14 heavy (non-hydrogen) atoms. The van der Waals surface area contributed by atoms with Crippen LogP contribution in [0.4, 0.5) is 0 Å². The van der Waals surface area contributed by atoms with Gasteiger partial charge in [-0.15, -0.1) is 12.3 Å². The number of hydrogen-bond acceptors (Lipinski definition) is 2. The van der Waals surface area contributed by atoms with Crippen LogP contribution >= 0.6 is 0 Å². The highest BCUT2D eigenvalue weighted by Crippen LogP contribution is 2.15. The van der Waals surface area contributed by atoms with Crippen molar-refractivity contribution in [3.8, 4) is 12.3 Å². The molecular formula is C10H19NO2S. The maximum atomic E-state index is 11.6. The molecule has 0 aliphatic rings. The van der Waals surface area contributed by atoms with E-state index >= 15 is 0 Å². The Bertz CT molecular complexity index is 306. The minimum Gasteiger partial charge on any atom is -0.212 e. The first-order valence-corrected chi connectivity index (χ1v) is 6.25. The highest BCUT2D eigenvalue weighted by Gasteiger charge is 2.22. The van der Waals surface area contributed by atoms with E-state index in [4.69, 9.17) is 6.42 Å². The van der Waals surface area contributed by atoms with Gasteiger partial charge in [0, 0.05) is 12.5 Å². The lowest BCUT2D eigenvalue weighted by atomic mass is 10.0. The van der Waals surface area contributed by atoms with Gasteiger partial charge < -0.3 is 0 Å². The minimum absolute atomic E-state index is 0.120. The third-order valence-corrected chi connectivity index (χ3v) is 3.44. The van der Waals surface area contributed by atoms with Gasteiger partial charge in [0.05, 0.1) is 5.75 Å². The van der Waals surface area contributed by atoms with Gasteiger partial charge in [0.15, 0.2) is 0 Å². The zero-order chi connectivity index (χ0) is 11.4. The molecule has 0 heterocycles. The monoisotopic (exact) mass is 217 g/mol. The molecule has 0 saturated carbocycles. The lowest BCUT2D eigenvalue weighted by Crippen LogP contribution is -2.37. The largest absolute Gasteiger partial charge is 0.212 e. The van der Waals surface area contributed by atoms with Crippen LogP contribution in [0.15, 0.2) is 0 Å². The molecule has 0 rings (SSSR count). The van der Waals surface area contributed by atoms with E-state index in [0.717, 1.165) is 0 Å². The zero-order valence-corrected chi connectivity index (χ0v) is 10.1. The van der Waals surface area contributed by atoms with Crippen molar-refractivity contribution in [2.45, 2.75) is 40.2 Å². The van der Waals surface area contributed by atoms with Crippen molar-refractivity contribution in [3.05, 3.63) is 0 Å². The molecule has 82 valence electrons. The first-order chi connectivity index (χ1) is 6.16. The molecule has 4 heteroatoms. The summed E-state index contributed by atoms with van der Waals surface area (Å²) >= 11 is 0. The molecule has 3 nitrogen and oxygen atoms in total. The summed E-state index contributed by atoms with van der Waals surface area (Å²) in [5.74, 6) is 2.55. The second kappa shape index (κ2) is 4.81. The fraction of sp³-hybridized carbons (Fsp3) is 0.800. The SMILES string of the molecule is C#CCC(C)NS(=O)(=O)CC(C)(C)C. The van der Waals surface area contributed by atoms with Gasteiger partial charge in [-0.25, -0.2) is 13.1 Å². The number of terminal acetylenes is 1. The van der Waals surface area contributed by atoms with Crippen LogP contribution in [0.25, 0.3) is 0 Å². The maximum Gasteiger partial charge on any atom is 0.212 e. The van der Waals surface area contributed by atoms with Gasteiger partial charge in [0.1, 0.15) is 0 Å². The summed E-state index contributed by atoms with van der Waals surface area (Å²) in [4.78, 5) is 0. The van der Waals surface area contributed by atoms with E-state index in [0.29, 0.717) is 6.42 Å². The molecule has 0 spiro atoms. The Kier molecular flexibility index (Phi) is 4.63. The predicted molar refractivity (Wildman–Crippen MR) is 59.3 cm³/mol. The molecule has 0 fully saturated rings. The van der Waals surface area contributed by atoms with Crippen LogP contribution in [0.3, 0.4) is 0 Å². The zero-order valence-electron chi connectivity index (χ0n) is 9.29. The summed E-state index contributed by atoms with van der Waals surface area (Å²) < 4.78 is 25.6. The number of nitrogens with one attached hydrogen (secondary N) is 1. The summed E-state index contributed by atoms with van der Waals surface area (Å²) in [5, 5.41) is 0. The molecule has 1 unspecified atom stereocenters. The molecule has 0 aliphatic heterocycles. The summed E-state index contributed by atoms with van der Waals surface area (Å²) in [6.07, 6.45) is 5.51. The maximum absolute atomic E-state index is 11.6. The highest BCUT2D eigenvalue weighted by atomic mass is 32.2. The summed E-state index contributed by atoms with van der Waals surface area (Å²) in [7, 11) is -3.21. The number of sulfonamides is 1. The summed E-state index contributed by atoms with van der Waals surface area (Å²) in [6, 6.07) is -0.188. The van der Waals surface area contributed by atoms with Crippen molar-refractivity contribution in [1.82, 2.24) is 4.72 Å². The molecule has 0 aromatic heterocycles. The molecule has 0 bridgehead atoms. The van der Waals surface area contributed by atoms with E-state index in [1.54, 1.807) is 6.92 Å². The van der Waals surface area contributed by atoms with Crippen molar-refractivity contribution < 1.29 is 8.42 Å². The highest BCUT2D eigenvalue weighted by molar-refractivity contribution is 7.89. The van der Waals surface area contributed by atoms with Crippen molar-refractivity contribution in [1.29, 1.82) is 0 Å². The minimum atomic E-state index is -3.21. The molecule has 0 aromatic carbocycles. The van der Waals surface area contributed by atoms with E-state index in [2.05, 4.69) is 10.6 Å². The molecule has 0 radical (unpaired) electrons. The van der Waals surface area contributed by atoms with Crippen molar-refractivity contribution >= 4 is 10.0 Å². The molecule has 1 atom stereocenters. The average Bonchev–Trinajstić information content (AvgIpc) is 1.78. The van der Waals surface area contributed by atoms with Crippen LogP contribution in [0.1, 0.15) is 34.1 Å². The Morgan fingerprint density at radius 1 is 1.43 bits per heavy atom. The third kappa shape index (κ3) is 6.93. The average molecular weight is 217 g/mol. The molecule has 0 saturated heterocycles. The van der Waals surface area contributed by atoms with Crippen LogP contribution in [-0.4, -0.2) is 20.2 Å². The Hall–Kier alpha value is -0.530. The van der Waals surface area contributed by atoms with Crippen LogP contribution in [0.5, 0.6) is 0 Å². The molecular weight excluding hydrogens is 198 g/mol. The Morgan fingerprint density at radius 2 is 1.93 bits per heavy atom. The quantitative estimate of drug-likeness (QED) is 0.723. The van der Waals surface area contributed by atoms with E-state index in [-0.39, 0.29) is 17.2 Å². The Morgan fingerprint density at radius 3 is 2.29 bits per heavy atom. The Balaban J connectivity index is 4.31. The lowest BCUT2D eigenvalue weighted by Gasteiger charge is -2.20. The molecule has 0 aliphatic carbocycles. The Labute approximate surface area is 87.3 Å². The van der Waals surface area contributed by atoms with Crippen molar-refractivity contribution in [2.75, 3.05) is 5.75 Å². The van der Waals surface area contributed by atoms with Crippen LogP contribution in [0.2, 0.25) is 0 Å². The fourth-order valence-corrected chi connectivity index (χ4v) is 3.06. The second-order valence-electron chi connectivity index (χ2n) is 4.75. The van der Waals surface area contributed by atoms with Gasteiger partial charge in [-0.3, -0.25) is 0 Å². The topological polar surface area (TPSA) is 46.2 Å². The van der Waals surface area contributed by atoms with Gasteiger partial charge in [-0.1, -0.05) is 20.8 Å². The third-order valence-electron chi connectivity index (χ3n) is 1.43. The van der Waals surface area contributed by atoms with Crippen LogP contribution < -0.4 is 4.72 Å². The van der Waals surface area contributed by atoms with Gasteiger partial charge in [-0.2, -0.15) is 0 Å². The number of rotatable bonds is 4. The smallest absolute Gasteiger partial charge is 0.212 e. The summed E-state index contributed by atoms with van der Waals surface area (Å²) in [6.45, 7) is 7.42. The molecule has 0 aromatic rings. The van der Waals surface area contributed by atoms with Gasteiger partial charge in [-0.05, 0) is 12.3 Å². The summed E-state index contributed by atoms with van der Waals surface area (Å²) in [5.41, 5.74) is -0.234. The number of hydrogen-bond donors (Lipinski definition) is 1. The van der Waals surface area contributed by atoms with E-state index < -0.39 is 10.0 Å². The van der Waals surface area contributed by atoms with Crippen molar-refractivity contribution in [3.63, 3.8) is 0 Å². The van der Waals surface area contributed by atoms with Crippen LogP contribution in [0, 0.1) is 17.8 Å². The standard InChI is InChI=1S/C10H19NO2S/c1-6-7-9(2)11-14(12,13)8-10(3,4)5/h1,9,11H,7-8H2,2-5H3. The van der Waals surface area contributed by atoms with E-state index in [1.165, 1.54) is 0 Å². The lowest BCUT2D eigenvalue weighted by molar-refractivity contribution is 0.455. The molecule has 0 amide bonds. The van der Waals surface area contributed by atoms with Gasteiger partial charge in [0.25, 0.3) is 0 Å². The van der Waals surface area contributed by atoms with Gasteiger partial charge >= 0.3 is 0 Å². The fourth-order valence-electron chi connectivity index (χ4n) is 1.14. The predicted octanol–water partition coefficient (Wildman–Crippen LogP) is 1.36. The molecule has 1 N–H and O–H groups in total. The van der Waals surface area contributed by atoms with Gasteiger partial charge in [0.2, 0.25) is 10.0 Å². The van der Waals surface area contributed by atoms with Crippen molar-refractivity contribution in [2.24, 2.45) is 5.41 Å². The second-order valence-corrected chi connectivity index (χ2v) is 6.50. The first kappa shape index (κ1) is 13.5.